The first-order valence-electron chi connectivity index (χ1n) is 16.3. The van der Waals surface area contributed by atoms with Gasteiger partial charge in [-0.1, -0.05) is 126 Å². The molecule has 0 bridgehead atoms. The molecule has 2 N–H and O–H groups in total. The zero-order valence-electron chi connectivity index (χ0n) is 26.8. The summed E-state index contributed by atoms with van der Waals surface area (Å²) >= 11 is 0. The van der Waals surface area contributed by atoms with E-state index in [0.717, 1.165) is 50.9 Å². The third kappa shape index (κ3) is 27.7. The summed E-state index contributed by atoms with van der Waals surface area (Å²) in [5.74, 6) is -0.000670. The van der Waals surface area contributed by atoms with Gasteiger partial charge in [0.15, 0.2) is 6.10 Å². The van der Waals surface area contributed by atoms with Crippen LogP contribution < -0.4 is 0 Å². The van der Waals surface area contributed by atoms with Crippen molar-refractivity contribution in [2.75, 3.05) is 13.2 Å². The van der Waals surface area contributed by atoms with E-state index in [9.17, 15) is 19.8 Å². The van der Waals surface area contributed by atoms with E-state index in [1.807, 2.05) is 18.2 Å². The molecular formula is C36H60O6. The molecule has 0 aliphatic carbocycles. The number of hydrogen-bond donors (Lipinski definition) is 2. The molecule has 0 aliphatic rings. The first-order valence-corrected chi connectivity index (χ1v) is 16.3. The van der Waals surface area contributed by atoms with Crippen molar-refractivity contribution in [2.24, 2.45) is 5.92 Å². The van der Waals surface area contributed by atoms with E-state index in [-0.39, 0.29) is 19.0 Å². The number of allylic oxidation sites excluding steroid dienone is 9. The van der Waals surface area contributed by atoms with Crippen molar-refractivity contribution in [2.45, 2.75) is 136 Å². The van der Waals surface area contributed by atoms with Crippen molar-refractivity contribution in [3.8, 4) is 0 Å². The fourth-order valence-electron chi connectivity index (χ4n) is 4.09. The number of hydrogen-bond acceptors (Lipinski definition) is 6. The minimum Gasteiger partial charge on any atom is -0.462 e. The molecule has 42 heavy (non-hydrogen) atoms. The van der Waals surface area contributed by atoms with Crippen LogP contribution in [0.25, 0.3) is 0 Å². The topological polar surface area (TPSA) is 93.1 Å². The van der Waals surface area contributed by atoms with Crippen molar-refractivity contribution in [1.29, 1.82) is 0 Å². The van der Waals surface area contributed by atoms with Crippen LogP contribution in [0.5, 0.6) is 0 Å². The average Bonchev–Trinajstić information content (AvgIpc) is 2.98. The Bertz CT molecular complexity index is 795. The molecule has 0 aliphatic heterocycles. The molecule has 0 radical (unpaired) electrons. The quantitative estimate of drug-likeness (QED) is 0.0433. The zero-order chi connectivity index (χ0) is 31.1. The summed E-state index contributed by atoms with van der Waals surface area (Å²) in [5, 5.41) is 19.6. The molecule has 0 heterocycles. The van der Waals surface area contributed by atoms with Crippen LogP contribution in [0.15, 0.2) is 60.8 Å². The van der Waals surface area contributed by atoms with Gasteiger partial charge in [0.05, 0.1) is 12.7 Å². The molecule has 6 heteroatoms. The van der Waals surface area contributed by atoms with Crippen molar-refractivity contribution in [3.63, 3.8) is 0 Å². The van der Waals surface area contributed by atoms with Crippen LogP contribution in [0.2, 0.25) is 0 Å². The van der Waals surface area contributed by atoms with Gasteiger partial charge in [-0.05, 0) is 50.9 Å². The van der Waals surface area contributed by atoms with Gasteiger partial charge >= 0.3 is 11.9 Å². The van der Waals surface area contributed by atoms with E-state index in [4.69, 9.17) is 9.47 Å². The van der Waals surface area contributed by atoms with E-state index in [1.165, 1.54) is 32.1 Å². The molecule has 0 rings (SSSR count). The van der Waals surface area contributed by atoms with E-state index in [1.54, 1.807) is 6.08 Å². The van der Waals surface area contributed by atoms with E-state index < -0.39 is 24.8 Å². The summed E-state index contributed by atoms with van der Waals surface area (Å²) in [4.78, 5) is 24.1. The Hall–Kier alpha value is -2.44. The lowest BCUT2D eigenvalue weighted by Gasteiger charge is -2.16. The minimum atomic E-state index is -0.846. The average molecular weight is 589 g/mol. The molecule has 0 amide bonds. The number of carbonyl (C=O) groups excluding carboxylic acids is 2. The highest BCUT2D eigenvalue weighted by atomic mass is 16.6. The molecule has 0 saturated heterocycles. The van der Waals surface area contributed by atoms with Crippen LogP contribution in [0.3, 0.4) is 0 Å². The molecule has 6 nitrogen and oxygen atoms in total. The Morgan fingerprint density at radius 1 is 0.714 bits per heavy atom. The fourth-order valence-corrected chi connectivity index (χ4v) is 4.09. The van der Waals surface area contributed by atoms with Crippen LogP contribution >= 0.6 is 0 Å². The maximum atomic E-state index is 12.1. The Kier molecular flexibility index (Phi) is 28.3. The number of rotatable bonds is 27. The molecule has 0 aromatic rings. The molecule has 0 aromatic carbocycles. The van der Waals surface area contributed by atoms with Crippen molar-refractivity contribution < 1.29 is 29.3 Å². The van der Waals surface area contributed by atoms with Crippen LogP contribution in [-0.2, 0) is 19.1 Å². The summed E-state index contributed by atoms with van der Waals surface area (Å²) in [6.45, 7) is 6.11. The molecule has 0 saturated carbocycles. The van der Waals surface area contributed by atoms with Gasteiger partial charge in [0, 0.05) is 12.8 Å². The zero-order valence-corrected chi connectivity index (χ0v) is 26.8. The van der Waals surface area contributed by atoms with Crippen LogP contribution in [0.4, 0.5) is 0 Å². The van der Waals surface area contributed by atoms with Gasteiger partial charge in [0.1, 0.15) is 6.61 Å². The van der Waals surface area contributed by atoms with Gasteiger partial charge in [-0.25, -0.2) is 0 Å². The summed E-state index contributed by atoms with van der Waals surface area (Å²) in [7, 11) is 0. The third-order valence-electron chi connectivity index (χ3n) is 6.97. The fraction of sp³-hybridized carbons (Fsp3) is 0.667. The normalized spacial score (nSPS) is 14.5. The Morgan fingerprint density at radius 3 is 1.95 bits per heavy atom. The molecule has 2 unspecified atom stereocenters. The number of aliphatic hydroxyl groups excluding tert-OH is 2. The Labute approximate surface area is 256 Å². The first kappa shape index (κ1) is 39.6. The number of unbranched alkanes of at least 4 members (excludes halogenated alkanes) is 5. The summed E-state index contributed by atoms with van der Waals surface area (Å²) < 4.78 is 10.4. The Balaban J connectivity index is 3.88. The van der Waals surface area contributed by atoms with E-state index in [2.05, 4.69) is 57.2 Å². The number of esters is 2. The smallest absolute Gasteiger partial charge is 0.306 e. The predicted molar refractivity (Wildman–Crippen MR) is 174 cm³/mol. The third-order valence-corrected chi connectivity index (χ3v) is 6.97. The second-order valence-corrected chi connectivity index (χ2v) is 11.0. The van der Waals surface area contributed by atoms with Crippen molar-refractivity contribution >= 4 is 11.9 Å². The van der Waals surface area contributed by atoms with Gasteiger partial charge in [-0.2, -0.15) is 0 Å². The lowest BCUT2D eigenvalue weighted by molar-refractivity contribution is -0.161. The maximum Gasteiger partial charge on any atom is 0.306 e. The van der Waals surface area contributed by atoms with Gasteiger partial charge < -0.3 is 19.7 Å². The summed E-state index contributed by atoms with van der Waals surface area (Å²) in [6.07, 6.45) is 33.2. The van der Waals surface area contributed by atoms with Gasteiger partial charge in [0.2, 0.25) is 0 Å². The standard InChI is InChI=1S/C36H60O6/c1-4-6-7-8-9-10-11-12-13-14-15-19-22-26-33(38)27-24-29-35(39)41-31-34(30-37)42-36(40)28-23-20-17-16-18-21-25-32(3)5-2/h6-7,9-10,12-13,15,19,22,26,32-34,37-38H,4-5,8,11,14,16-18,20-21,23-25,27-31H2,1-3H3/b7-6-,10-9-,13-12-,19-15-,26-22+/t32?,33?,34-/m0/s1. The highest BCUT2D eigenvalue weighted by Gasteiger charge is 2.16. The van der Waals surface area contributed by atoms with Crippen molar-refractivity contribution in [1.82, 2.24) is 0 Å². The monoisotopic (exact) mass is 588 g/mol. The lowest BCUT2D eigenvalue weighted by Crippen LogP contribution is -2.28. The number of carbonyl (C=O) groups is 2. The van der Waals surface area contributed by atoms with E-state index >= 15 is 0 Å². The van der Waals surface area contributed by atoms with Crippen molar-refractivity contribution in [3.05, 3.63) is 60.8 Å². The van der Waals surface area contributed by atoms with Crippen LogP contribution in [-0.4, -0.2) is 47.6 Å². The highest BCUT2D eigenvalue weighted by Crippen LogP contribution is 2.15. The van der Waals surface area contributed by atoms with Gasteiger partial charge in [-0.15, -0.1) is 0 Å². The summed E-state index contributed by atoms with van der Waals surface area (Å²) in [5.41, 5.74) is 0. The maximum absolute atomic E-state index is 12.1. The second kappa shape index (κ2) is 30.0. The Morgan fingerprint density at radius 2 is 1.31 bits per heavy atom. The highest BCUT2D eigenvalue weighted by molar-refractivity contribution is 5.70. The predicted octanol–water partition coefficient (Wildman–Crippen LogP) is 8.49. The molecular weight excluding hydrogens is 528 g/mol. The molecule has 240 valence electrons. The number of ether oxygens (including phenoxy) is 2. The lowest BCUT2D eigenvalue weighted by atomic mass is 10.00. The summed E-state index contributed by atoms with van der Waals surface area (Å²) in [6, 6.07) is 0. The SMILES string of the molecule is CC/C=C\C/C=C\C/C=C\C/C=C\C=C\C(O)CCCC(=O)OC[C@H](CO)OC(=O)CCCCCCCCC(C)CC. The molecule has 0 aromatic heterocycles. The van der Waals surface area contributed by atoms with E-state index in [0.29, 0.717) is 19.3 Å². The van der Waals surface area contributed by atoms with Gasteiger partial charge in [0.25, 0.3) is 0 Å². The molecule has 0 fully saturated rings. The molecule has 3 atom stereocenters. The largest absolute Gasteiger partial charge is 0.462 e. The number of aliphatic hydroxyl groups is 2. The molecule has 0 spiro atoms. The van der Waals surface area contributed by atoms with Gasteiger partial charge in [-0.3, -0.25) is 9.59 Å². The van der Waals surface area contributed by atoms with Crippen LogP contribution in [0, 0.1) is 5.92 Å². The minimum absolute atomic E-state index is 0.151. The second-order valence-electron chi connectivity index (χ2n) is 11.0. The van der Waals surface area contributed by atoms with Crippen LogP contribution in [0.1, 0.15) is 124 Å². The first-order chi connectivity index (χ1) is 20.4.